The van der Waals surface area contributed by atoms with E-state index in [9.17, 15) is 19.2 Å². The van der Waals surface area contributed by atoms with Gasteiger partial charge in [-0.15, -0.1) is 0 Å². The van der Waals surface area contributed by atoms with Crippen LogP contribution >= 0.6 is 0 Å². The summed E-state index contributed by atoms with van der Waals surface area (Å²) < 4.78 is 33.7. The Hall–Kier alpha value is -9.44. The van der Waals surface area contributed by atoms with E-state index in [2.05, 4.69) is 42.3 Å². The summed E-state index contributed by atoms with van der Waals surface area (Å²) in [6.45, 7) is 21.8. The summed E-state index contributed by atoms with van der Waals surface area (Å²) in [6.07, 6.45) is 3.48. The third kappa shape index (κ3) is 15.8. The Morgan fingerprint density at radius 2 is 0.773 bits per heavy atom. The summed E-state index contributed by atoms with van der Waals surface area (Å²) in [5.74, 6) is 2.27. The molecule has 0 radical (unpaired) electrons. The molecule has 0 saturated heterocycles. The summed E-state index contributed by atoms with van der Waals surface area (Å²) in [5.41, 5.74) is 6.64. The van der Waals surface area contributed by atoms with Crippen molar-refractivity contribution in [3.63, 3.8) is 0 Å². The normalized spacial score (nSPS) is 10.4. The Kier molecular flexibility index (Phi) is 19.6. The third-order valence-electron chi connectivity index (χ3n) is 11.4. The molecule has 16 nitrogen and oxygen atoms in total. The molecule has 0 aliphatic carbocycles. The second-order valence-corrected chi connectivity index (χ2v) is 17.0. The molecule has 0 bridgehead atoms. The molecule has 16 heteroatoms. The van der Waals surface area contributed by atoms with Crippen molar-refractivity contribution in [2.75, 3.05) is 64.6 Å². The maximum absolute atomic E-state index is 15.0. The lowest BCUT2D eigenvalue weighted by molar-refractivity contribution is 0.154. The van der Waals surface area contributed by atoms with Crippen molar-refractivity contribution in [3.8, 4) is 17.2 Å². The van der Waals surface area contributed by atoms with Crippen LogP contribution in [0.4, 0.5) is 53.3 Å². The lowest BCUT2D eigenvalue weighted by Crippen LogP contribution is -2.50. The minimum atomic E-state index is -0.768. The van der Waals surface area contributed by atoms with Gasteiger partial charge in [0, 0.05) is 42.5 Å². The molecule has 75 heavy (non-hydrogen) atoms. The van der Waals surface area contributed by atoms with Gasteiger partial charge in [0.2, 0.25) is 0 Å². The molecule has 0 atom stereocenters. The van der Waals surface area contributed by atoms with Gasteiger partial charge in [-0.05, 0) is 134 Å². The smallest absolute Gasteiger partial charge is 0.411 e. The SMILES string of the molecule is C=CCOc1ccc(COC(=C)Nc2cc(N(C)C(=O)N(C(=O)N(C)c3ccc(C)c(NC(=O)OCc4ccc(OCC=C)cc4)c3)c3ccc(C)c(NC(=O)OCc4ccc(OCC=C)cc4)c3)ccc2C)cc1. The first-order valence-electron chi connectivity index (χ1n) is 23.8. The van der Waals surface area contributed by atoms with E-state index in [1.54, 1.807) is 123 Å². The van der Waals surface area contributed by atoms with Gasteiger partial charge >= 0.3 is 24.2 Å². The first kappa shape index (κ1) is 54.9. The van der Waals surface area contributed by atoms with Gasteiger partial charge in [0.05, 0.1) is 5.69 Å². The number of carbonyl (C=O) groups is 4. The zero-order valence-corrected chi connectivity index (χ0v) is 42.9. The molecule has 388 valence electrons. The zero-order valence-electron chi connectivity index (χ0n) is 42.9. The van der Waals surface area contributed by atoms with Gasteiger partial charge in [0.25, 0.3) is 0 Å². The molecule has 6 amide bonds. The predicted octanol–water partition coefficient (Wildman–Crippen LogP) is 13.2. The molecule has 3 N–H and O–H groups in total. The second kappa shape index (κ2) is 26.8. The highest BCUT2D eigenvalue weighted by Crippen LogP contribution is 2.31. The first-order chi connectivity index (χ1) is 36.1. The molecule has 0 heterocycles. The van der Waals surface area contributed by atoms with Gasteiger partial charge in [-0.25, -0.2) is 24.1 Å². The molecule has 0 saturated carbocycles. The lowest BCUT2D eigenvalue weighted by atomic mass is 10.1. The van der Waals surface area contributed by atoms with Gasteiger partial charge in [0.15, 0.2) is 5.88 Å². The van der Waals surface area contributed by atoms with Crippen molar-refractivity contribution in [1.29, 1.82) is 0 Å². The molecular weight excluding hydrogens is 953 g/mol. The van der Waals surface area contributed by atoms with Crippen LogP contribution in [0.25, 0.3) is 0 Å². The number of urea groups is 2. The Morgan fingerprint density at radius 3 is 1.13 bits per heavy atom. The lowest BCUT2D eigenvalue weighted by Gasteiger charge is -2.31. The molecule has 6 rings (SSSR count). The number of aryl methyl sites for hydroxylation is 3. The summed E-state index contributed by atoms with van der Waals surface area (Å²) in [6, 6.07) is 35.3. The summed E-state index contributed by atoms with van der Waals surface area (Å²) in [5, 5.41) is 8.74. The van der Waals surface area contributed by atoms with E-state index in [0.29, 0.717) is 70.9 Å². The highest BCUT2D eigenvalue weighted by molar-refractivity contribution is 6.23. The van der Waals surface area contributed by atoms with Gasteiger partial charge in [0.1, 0.15) is 56.9 Å². The van der Waals surface area contributed by atoms with Gasteiger partial charge in [-0.1, -0.05) is 92.6 Å². The monoisotopic (exact) mass is 1010 g/mol. The summed E-state index contributed by atoms with van der Waals surface area (Å²) >= 11 is 0. The van der Waals surface area contributed by atoms with Crippen molar-refractivity contribution in [2.24, 2.45) is 0 Å². The Bertz CT molecular complexity index is 2850. The van der Waals surface area contributed by atoms with Crippen molar-refractivity contribution in [1.82, 2.24) is 0 Å². The van der Waals surface area contributed by atoms with Crippen LogP contribution in [0.5, 0.6) is 17.2 Å². The summed E-state index contributed by atoms with van der Waals surface area (Å²) in [4.78, 5) is 59.9. The van der Waals surface area contributed by atoms with Crippen LogP contribution in [-0.4, -0.2) is 58.2 Å². The molecule has 0 unspecified atom stereocenters. The standard InChI is InChI=1S/C59H62N6O10/c1-10-31-70-50-25-16-44(17-26-50)37-73-43(7)60-53-34-47(22-13-40(53)4)63(8)58(68)65(49-24-15-42(6)55(36-49)62-57(67)75-39-46-20-29-52(30-21-46)72-33-12-3)59(69)64(9)48-23-14-41(5)54(35-48)61-56(66)74-38-45-18-27-51(28-19-45)71-32-11-2/h10-30,34-36,60H,1-3,7,31-33,37-39H2,4-6,8-9H3,(H,61,66)(H,62,67). The highest BCUT2D eigenvalue weighted by Gasteiger charge is 2.32. The van der Waals surface area contributed by atoms with Crippen molar-refractivity contribution in [3.05, 3.63) is 211 Å². The maximum Gasteiger partial charge on any atom is 0.411 e. The van der Waals surface area contributed by atoms with E-state index in [-0.39, 0.29) is 37.1 Å². The third-order valence-corrected chi connectivity index (χ3v) is 11.4. The van der Waals surface area contributed by atoms with Crippen LogP contribution in [0.2, 0.25) is 0 Å². The minimum absolute atomic E-state index is 0.00955. The van der Waals surface area contributed by atoms with Crippen molar-refractivity contribution >= 4 is 58.4 Å². The molecule has 0 aliphatic heterocycles. The Labute approximate surface area is 438 Å². The number of carbonyl (C=O) groups excluding carboxylic acids is 4. The van der Waals surface area contributed by atoms with Gasteiger partial charge in [-0.3, -0.25) is 20.4 Å². The van der Waals surface area contributed by atoms with E-state index in [0.717, 1.165) is 27.2 Å². The topological polar surface area (TPSA) is 169 Å². The van der Waals surface area contributed by atoms with Crippen LogP contribution in [0, 0.1) is 20.8 Å². The number of hydrogen-bond donors (Lipinski definition) is 3. The van der Waals surface area contributed by atoms with E-state index >= 15 is 0 Å². The fraction of sp³-hybridized carbons (Fsp3) is 0.186. The first-order valence-corrected chi connectivity index (χ1v) is 23.8. The van der Waals surface area contributed by atoms with Crippen LogP contribution < -0.4 is 44.9 Å². The van der Waals surface area contributed by atoms with Crippen molar-refractivity contribution in [2.45, 2.75) is 40.6 Å². The number of imide groups is 1. The van der Waals surface area contributed by atoms with Crippen LogP contribution in [0.15, 0.2) is 178 Å². The quantitative estimate of drug-likeness (QED) is 0.0412. The number of amides is 6. The number of hydrogen-bond acceptors (Lipinski definition) is 11. The van der Waals surface area contributed by atoms with E-state index in [1.165, 1.54) is 30.0 Å². The average molecular weight is 1020 g/mol. The minimum Gasteiger partial charge on any atom is -0.490 e. The summed E-state index contributed by atoms with van der Waals surface area (Å²) in [7, 11) is 3.05. The van der Waals surface area contributed by atoms with Gasteiger partial charge in [-0.2, -0.15) is 0 Å². The molecule has 0 aromatic heterocycles. The Balaban J connectivity index is 1.22. The molecule has 6 aromatic rings. The fourth-order valence-corrected chi connectivity index (χ4v) is 7.07. The highest BCUT2D eigenvalue weighted by atomic mass is 16.6. The molecule has 6 aromatic carbocycles. The average Bonchev–Trinajstić information content (AvgIpc) is 3.42. The number of anilines is 6. The predicted molar refractivity (Wildman–Crippen MR) is 295 cm³/mol. The van der Waals surface area contributed by atoms with Crippen molar-refractivity contribution < 1.29 is 47.6 Å². The molecule has 0 spiro atoms. The second-order valence-electron chi connectivity index (χ2n) is 17.0. The molecule has 0 aliphatic rings. The number of ether oxygens (including phenoxy) is 6. The largest absolute Gasteiger partial charge is 0.490 e. The van der Waals surface area contributed by atoms with Gasteiger partial charge < -0.3 is 33.7 Å². The Morgan fingerprint density at radius 1 is 0.453 bits per heavy atom. The van der Waals surface area contributed by atoms with E-state index < -0.39 is 24.2 Å². The number of nitrogens with one attached hydrogen (secondary N) is 3. The number of benzene rings is 6. The van der Waals surface area contributed by atoms with Crippen LogP contribution in [0.1, 0.15) is 33.4 Å². The van der Waals surface area contributed by atoms with Crippen LogP contribution in [0.3, 0.4) is 0 Å². The van der Waals surface area contributed by atoms with E-state index in [4.69, 9.17) is 28.4 Å². The maximum atomic E-state index is 15.0. The molecular formula is C59H62N6O10. The van der Waals surface area contributed by atoms with Crippen LogP contribution in [-0.2, 0) is 34.0 Å². The molecule has 0 fully saturated rings. The number of nitrogens with zero attached hydrogens (tertiary/aromatic N) is 3. The zero-order chi connectivity index (χ0) is 53.9. The fourth-order valence-electron chi connectivity index (χ4n) is 7.07. The number of rotatable bonds is 23. The van der Waals surface area contributed by atoms with E-state index in [1.807, 2.05) is 37.3 Å².